The van der Waals surface area contributed by atoms with Crippen molar-refractivity contribution in [2.75, 3.05) is 19.5 Å². The first-order valence-corrected chi connectivity index (χ1v) is 8.05. The van der Waals surface area contributed by atoms with Gasteiger partial charge in [-0.25, -0.2) is 0 Å². The molecule has 1 aromatic heterocycles. The molecule has 1 aromatic carbocycles. The van der Waals surface area contributed by atoms with Crippen molar-refractivity contribution in [1.82, 2.24) is 10.3 Å². The standard InChI is InChI=1S/C19H23N3O4/c1-19(2,3)22-18(24)15-10-12(8-9-20-15)17(23)21-14-11-13(25-4)6-7-16(14)26-5/h6-11H,1-5H3,(H,21,23)(H,22,24). The molecule has 0 unspecified atom stereocenters. The van der Waals surface area contributed by atoms with Gasteiger partial charge >= 0.3 is 0 Å². The normalized spacial score (nSPS) is 10.8. The van der Waals surface area contributed by atoms with E-state index >= 15 is 0 Å². The molecular weight excluding hydrogens is 334 g/mol. The lowest BCUT2D eigenvalue weighted by molar-refractivity contribution is 0.0914. The van der Waals surface area contributed by atoms with Gasteiger partial charge in [0.25, 0.3) is 11.8 Å². The summed E-state index contributed by atoms with van der Waals surface area (Å²) < 4.78 is 10.4. The third kappa shape index (κ3) is 4.95. The first-order valence-electron chi connectivity index (χ1n) is 8.05. The highest BCUT2D eigenvalue weighted by atomic mass is 16.5. The number of ether oxygens (including phenoxy) is 2. The van der Waals surface area contributed by atoms with E-state index < -0.39 is 5.54 Å². The molecule has 2 rings (SSSR count). The average molecular weight is 357 g/mol. The van der Waals surface area contributed by atoms with Gasteiger partial charge in [0.05, 0.1) is 19.9 Å². The maximum Gasteiger partial charge on any atom is 0.270 e. The van der Waals surface area contributed by atoms with Crippen LogP contribution in [0.25, 0.3) is 0 Å². The monoisotopic (exact) mass is 357 g/mol. The summed E-state index contributed by atoms with van der Waals surface area (Å²) in [7, 11) is 3.05. The van der Waals surface area contributed by atoms with Crippen LogP contribution in [-0.2, 0) is 0 Å². The zero-order chi connectivity index (χ0) is 19.3. The van der Waals surface area contributed by atoms with E-state index in [0.717, 1.165) is 0 Å². The lowest BCUT2D eigenvalue weighted by atomic mass is 10.1. The molecule has 0 radical (unpaired) electrons. The highest BCUT2D eigenvalue weighted by Gasteiger charge is 2.18. The molecule has 0 aliphatic rings. The number of rotatable bonds is 5. The number of hydrogen-bond donors (Lipinski definition) is 2. The minimum atomic E-state index is -0.398. The van der Waals surface area contributed by atoms with Gasteiger partial charge in [-0.2, -0.15) is 0 Å². The van der Waals surface area contributed by atoms with Gasteiger partial charge in [-0.1, -0.05) is 0 Å². The summed E-state index contributed by atoms with van der Waals surface area (Å²) in [6.45, 7) is 5.61. The Kier molecular flexibility index (Phi) is 5.82. The van der Waals surface area contributed by atoms with Crippen LogP contribution < -0.4 is 20.1 Å². The Hall–Kier alpha value is -3.09. The quantitative estimate of drug-likeness (QED) is 0.859. The summed E-state index contributed by atoms with van der Waals surface area (Å²) in [4.78, 5) is 28.8. The van der Waals surface area contributed by atoms with Gasteiger partial charge in [0.1, 0.15) is 17.2 Å². The molecule has 2 aromatic rings. The fourth-order valence-electron chi connectivity index (χ4n) is 2.21. The molecule has 26 heavy (non-hydrogen) atoms. The molecule has 0 aliphatic heterocycles. The molecule has 7 heteroatoms. The molecule has 0 saturated heterocycles. The minimum Gasteiger partial charge on any atom is -0.497 e. The molecule has 2 amide bonds. The summed E-state index contributed by atoms with van der Waals surface area (Å²) >= 11 is 0. The Labute approximate surface area is 152 Å². The zero-order valence-corrected chi connectivity index (χ0v) is 15.5. The zero-order valence-electron chi connectivity index (χ0n) is 15.5. The van der Waals surface area contributed by atoms with E-state index in [4.69, 9.17) is 9.47 Å². The van der Waals surface area contributed by atoms with E-state index in [1.165, 1.54) is 32.5 Å². The van der Waals surface area contributed by atoms with Gasteiger partial charge in [0.15, 0.2) is 0 Å². The summed E-state index contributed by atoms with van der Waals surface area (Å²) in [5, 5.41) is 5.58. The van der Waals surface area contributed by atoms with E-state index in [1.54, 1.807) is 18.2 Å². The van der Waals surface area contributed by atoms with Crippen molar-refractivity contribution in [2.24, 2.45) is 0 Å². The summed E-state index contributed by atoms with van der Waals surface area (Å²) in [5.74, 6) is 0.356. The number of aromatic nitrogens is 1. The summed E-state index contributed by atoms with van der Waals surface area (Å²) in [5.41, 5.74) is 0.550. The third-order valence-corrected chi connectivity index (χ3v) is 3.40. The molecule has 138 valence electrons. The van der Waals surface area contributed by atoms with Crippen molar-refractivity contribution in [3.8, 4) is 11.5 Å². The fraction of sp³-hybridized carbons (Fsp3) is 0.316. The van der Waals surface area contributed by atoms with Crippen molar-refractivity contribution < 1.29 is 19.1 Å². The number of carbonyl (C=O) groups is 2. The van der Waals surface area contributed by atoms with Crippen LogP contribution in [0.3, 0.4) is 0 Å². The van der Waals surface area contributed by atoms with Crippen LogP contribution >= 0.6 is 0 Å². The predicted octanol–water partition coefficient (Wildman–Crippen LogP) is 2.88. The van der Waals surface area contributed by atoms with E-state index in [1.807, 2.05) is 20.8 Å². The maximum absolute atomic E-state index is 12.6. The van der Waals surface area contributed by atoms with Crippen LogP contribution in [0.1, 0.15) is 41.6 Å². The second-order valence-corrected chi connectivity index (χ2v) is 6.65. The number of amides is 2. The van der Waals surface area contributed by atoms with E-state index in [9.17, 15) is 9.59 Å². The van der Waals surface area contributed by atoms with Crippen LogP contribution in [0.4, 0.5) is 5.69 Å². The number of nitrogens with one attached hydrogen (secondary N) is 2. The topological polar surface area (TPSA) is 89.6 Å². The molecule has 0 saturated carbocycles. The number of benzene rings is 1. The highest BCUT2D eigenvalue weighted by molar-refractivity contribution is 6.06. The average Bonchev–Trinajstić information content (AvgIpc) is 2.60. The SMILES string of the molecule is COc1ccc(OC)c(NC(=O)c2ccnc(C(=O)NC(C)(C)C)c2)c1. The number of anilines is 1. The van der Waals surface area contributed by atoms with Gasteiger partial charge in [-0.05, 0) is 45.0 Å². The van der Waals surface area contributed by atoms with Crippen LogP contribution in [0.2, 0.25) is 0 Å². The van der Waals surface area contributed by atoms with Crippen molar-refractivity contribution in [3.63, 3.8) is 0 Å². The van der Waals surface area contributed by atoms with Crippen molar-refractivity contribution in [1.29, 1.82) is 0 Å². The molecule has 7 nitrogen and oxygen atoms in total. The smallest absolute Gasteiger partial charge is 0.270 e. The van der Waals surface area contributed by atoms with E-state index in [2.05, 4.69) is 15.6 Å². The number of methoxy groups -OCH3 is 2. The maximum atomic E-state index is 12.6. The van der Waals surface area contributed by atoms with Gasteiger partial charge < -0.3 is 20.1 Å². The number of carbonyl (C=O) groups excluding carboxylic acids is 2. The Morgan fingerprint density at radius 3 is 2.35 bits per heavy atom. The van der Waals surface area contributed by atoms with Crippen LogP contribution in [0.5, 0.6) is 11.5 Å². The third-order valence-electron chi connectivity index (χ3n) is 3.40. The second kappa shape index (κ2) is 7.86. The number of pyridine rings is 1. The second-order valence-electron chi connectivity index (χ2n) is 6.65. The van der Waals surface area contributed by atoms with Crippen LogP contribution in [-0.4, -0.2) is 36.6 Å². The van der Waals surface area contributed by atoms with E-state index in [0.29, 0.717) is 22.7 Å². The number of nitrogens with zero attached hydrogens (tertiary/aromatic N) is 1. The molecule has 0 bridgehead atoms. The molecule has 0 atom stereocenters. The predicted molar refractivity (Wildman–Crippen MR) is 99.0 cm³/mol. The van der Waals surface area contributed by atoms with Gasteiger partial charge in [-0.15, -0.1) is 0 Å². The van der Waals surface area contributed by atoms with Gasteiger partial charge in [0.2, 0.25) is 0 Å². The summed E-state index contributed by atoms with van der Waals surface area (Å²) in [6.07, 6.45) is 1.43. The van der Waals surface area contributed by atoms with Gasteiger partial charge in [-0.3, -0.25) is 14.6 Å². The van der Waals surface area contributed by atoms with Crippen LogP contribution in [0.15, 0.2) is 36.5 Å². The van der Waals surface area contributed by atoms with Crippen molar-refractivity contribution in [2.45, 2.75) is 26.3 Å². The minimum absolute atomic E-state index is 0.171. The summed E-state index contributed by atoms with van der Waals surface area (Å²) in [6, 6.07) is 8.07. The fourth-order valence-corrected chi connectivity index (χ4v) is 2.21. The van der Waals surface area contributed by atoms with Crippen molar-refractivity contribution in [3.05, 3.63) is 47.8 Å². The Bertz CT molecular complexity index is 813. The molecule has 1 heterocycles. The first-order chi connectivity index (χ1) is 12.2. The van der Waals surface area contributed by atoms with Gasteiger partial charge in [0, 0.05) is 23.4 Å². The Morgan fingerprint density at radius 1 is 1.00 bits per heavy atom. The highest BCUT2D eigenvalue weighted by Crippen LogP contribution is 2.29. The Morgan fingerprint density at radius 2 is 1.73 bits per heavy atom. The molecular formula is C19H23N3O4. The largest absolute Gasteiger partial charge is 0.497 e. The molecule has 0 spiro atoms. The lowest BCUT2D eigenvalue weighted by Gasteiger charge is -2.20. The molecule has 0 aliphatic carbocycles. The van der Waals surface area contributed by atoms with Crippen molar-refractivity contribution >= 4 is 17.5 Å². The van der Waals surface area contributed by atoms with Crippen LogP contribution in [0, 0.1) is 0 Å². The Balaban J connectivity index is 2.23. The lowest BCUT2D eigenvalue weighted by Crippen LogP contribution is -2.41. The van der Waals surface area contributed by atoms with E-state index in [-0.39, 0.29) is 17.5 Å². The molecule has 2 N–H and O–H groups in total. The number of hydrogen-bond acceptors (Lipinski definition) is 5. The molecule has 0 fully saturated rings. The first kappa shape index (κ1) is 19.2.